The largest absolute Gasteiger partial charge is 0.461 e. The van der Waals surface area contributed by atoms with Gasteiger partial charge in [0.05, 0.1) is 5.92 Å². The summed E-state index contributed by atoms with van der Waals surface area (Å²) in [4.78, 5) is 11.7. The molecule has 0 unspecified atom stereocenters. The summed E-state index contributed by atoms with van der Waals surface area (Å²) < 4.78 is 5.32. The maximum absolute atomic E-state index is 11.7. The van der Waals surface area contributed by atoms with Gasteiger partial charge in [0, 0.05) is 0 Å². The van der Waals surface area contributed by atoms with Gasteiger partial charge in [-0.1, -0.05) is 49.8 Å². The lowest BCUT2D eigenvalue weighted by molar-refractivity contribution is -0.149. The molecule has 0 N–H and O–H groups in total. The van der Waals surface area contributed by atoms with Crippen molar-refractivity contribution in [3.8, 4) is 0 Å². The van der Waals surface area contributed by atoms with Gasteiger partial charge in [-0.05, 0) is 24.0 Å². The van der Waals surface area contributed by atoms with E-state index in [-0.39, 0.29) is 11.9 Å². The molecule has 90 valence electrons. The Morgan fingerprint density at radius 1 is 1.29 bits per heavy atom. The fourth-order valence-corrected chi connectivity index (χ4v) is 2.18. The maximum Gasteiger partial charge on any atom is 0.309 e. The summed E-state index contributed by atoms with van der Waals surface area (Å²) in [6.45, 7) is 4.08. The van der Waals surface area contributed by atoms with Gasteiger partial charge in [0.25, 0.3) is 0 Å². The molecule has 0 heterocycles. The Hall–Kier alpha value is -1.57. The number of carbonyl (C=O) groups excluding carboxylic acids is 1. The van der Waals surface area contributed by atoms with Crippen molar-refractivity contribution in [1.82, 2.24) is 0 Å². The second kappa shape index (κ2) is 5.67. The third-order valence-electron chi connectivity index (χ3n) is 3.29. The smallest absolute Gasteiger partial charge is 0.309 e. The summed E-state index contributed by atoms with van der Waals surface area (Å²) >= 11 is 0. The molecule has 2 heteroatoms. The van der Waals surface area contributed by atoms with E-state index in [1.165, 1.54) is 0 Å². The minimum atomic E-state index is -0.0321. The van der Waals surface area contributed by atoms with Crippen LogP contribution in [0.25, 0.3) is 6.08 Å². The van der Waals surface area contributed by atoms with Crippen LogP contribution < -0.4 is 0 Å². The molecule has 0 amide bonds. The number of hydrogen-bond donors (Lipinski definition) is 0. The summed E-state index contributed by atoms with van der Waals surface area (Å²) in [6.07, 6.45) is 6.11. The van der Waals surface area contributed by atoms with Crippen molar-refractivity contribution in [2.24, 2.45) is 5.92 Å². The molecule has 1 aromatic carbocycles. The lowest BCUT2D eigenvalue weighted by atomic mass is 10.1. The summed E-state index contributed by atoms with van der Waals surface area (Å²) in [5.74, 6) is 0.109. The highest BCUT2D eigenvalue weighted by Gasteiger charge is 2.23. The van der Waals surface area contributed by atoms with Gasteiger partial charge < -0.3 is 4.74 Å². The Morgan fingerprint density at radius 2 is 1.94 bits per heavy atom. The van der Waals surface area contributed by atoms with Crippen LogP contribution in [0.1, 0.15) is 36.8 Å². The highest BCUT2D eigenvalue weighted by Crippen LogP contribution is 2.26. The molecule has 1 aliphatic rings. The van der Waals surface area contributed by atoms with Gasteiger partial charge in [0.1, 0.15) is 6.61 Å². The average Bonchev–Trinajstić information content (AvgIpc) is 2.90. The van der Waals surface area contributed by atoms with Crippen molar-refractivity contribution < 1.29 is 9.53 Å². The molecule has 0 atom stereocenters. The lowest BCUT2D eigenvalue weighted by Crippen LogP contribution is -2.14. The van der Waals surface area contributed by atoms with E-state index >= 15 is 0 Å². The van der Waals surface area contributed by atoms with Crippen molar-refractivity contribution in [3.05, 3.63) is 42.0 Å². The maximum atomic E-state index is 11.7. The standard InChI is InChI=1S/C15H18O2/c1-2-12-7-9-13(10-8-12)11-17-15(16)14-5-3-4-6-14/h2,7-10,14H,1,3-6,11H2. The molecule has 1 saturated carbocycles. The molecule has 0 aromatic heterocycles. The zero-order valence-electron chi connectivity index (χ0n) is 10.0. The highest BCUT2D eigenvalue weighted by molar-refractivity contribution is 5.72. The predicted octanol–water partition coefficient (Wildman–Crippen LogP) is 3.56. The van der Waals surface area contributed by atoms with Gasteiger partial charge in [-0.2, -0.15) is 0 Å². The Kier molecular flexibility index (Phi) is 3.97. The van der Waals surface area contributed by atoms with Gasteiger partial charge in [0.2, 0.25) is 0 Å². The zero-order chi connectivity index (χ0) is 12.1. The quantitative estimate of drug-likeness (QED) is 0.739. The Bertz CT molecular complexity index is 386. The third-order valence-corrected chi connectivity index (χ3v) is 3.29. The molecule has 17 heavy (non-hydrogen) atoms. The second-order valence-corrected chi connectivity index (χ2v) is 4.53. The van der Waals surface area contributed by atoms with Crippen LogP contribution in [0, 0.1) is 5.92 Å². The monoisotopic (exact) mass is 230 g/mol. The molecule has 1 aromatic rings. The van der Waals surface area contributed by atoms with E-state index in [9.17, 15) is 4.79 Å². The zero-order valence-corrected chi connectivity index (χ0v) is 10.0. The fraction of sp³-hybridized carbons (Fsp3) is 0.400. The highest BCUT2D eigenvalue weighted by atomic mass is 16.5. The SMILES string of the molecule is C=Cc1ccc(COC(=O)C2CCCC2)cc1. The predicted molar refractivity (Wildman–Crippen MR) is 68.3 cm³/mol. The summed E-state index contributed by atoms with van der Waals surface area (Å²) in [6, 6.07) is 7.90. The first kappa shape index (κ1) is 11.9. The first-order valence-corrected chi connectivity index (χ1v) is 6.17. The van der Waals surface area contributed by atoms with E-state index in [0.717, 1.165) is 36.8 Å². The normalized spacial score (nSPS) is 15.8. The Labute approximate surface area is 102 Å². The Morgan fingerprint density at radius 3 is 2.53 bits per heavy atom. The van der Waals surface area contributed by atoms with Gasteiger partial charge >= 0.3 is 5.97 Å². The number of ether oxygens (including phenoxy) is 1. The molecular formula is C15H18O2. The summed E-state index contributed by atoms with van der Waals surface area (Å²) in [5, 5.41) is 0. The van der Waals surface area contributed by atoms with Gasteiger partial charge in [-0.25, -0.2) is 0 Å². The summed E-state index contributed by atoms with van der Waals surface area (Å²) in [7, 11) is 0. The second-order valence-electron chi connectivity index (χ2n) is 4.53. The average molecular weight is 230 g/mol. The number of benzene rings is 1. The van der Waals surface area contributed by atoms with Crippen molar-refractivity contribution in [1.29, 1.82) is 0 Å². The van der Waals surface area contributed by atoms with E-state index in [1.807, 2.05) is 24.3 Å². The van der Waals surface area contributed by atoms with Crippen LogP contribution in [-0.4, -0.2) is 5.97 Å². The van der Waals surface area contributed by atoms with Crippen LogP contribution in [0.5, 0.6) is 0 Å². The van der Waals surface area contributed by atoms with Crippen LogP contribution in [-0.2, 0) is 16.1 Å². The lowest BCUT2D eigenvalue weighted by Gasteiger charge is -2.09. The van der Waals surface area contributed by atoms with E-state index in [1.54, 1.807) is 6.08 Å². The van der Waals surface area contributed by atoms with Crippen molar-refractivity contribution in [2.45, 2.75) is 32.3 Å². The number of carbonyl (C=O) groups is 1. The molecular weight excluding hydrogens is 212 g/mol. The van der Waals surface area contributed by atoms with Crippen LogP contribution in [0.15, 0.2) is 30.8 Å². The molecule has 1 aliphatic carbocycles. The summed E-state index contributed by atoms with van der Waals surface area (Å²) in [5.41, 5.74) is 2.11. The fourth-order valence-electron chi connectivity index (χ4n) is 2.18. The van der Waals surface area contributed by atoms with Crippen molar-refractivity contribution in [3.63, 3.8) is 0 Å². The van der Waals surface area contributed by atoms with Gasteiger partial charge in [-0.3, -0.25) is 4.79 Å². The van der Waals surface area contributed by atoms with E-state index < -0.39 is 0 Å². The molecule has 2 nitrogen and oxygen atoms in total. The molecule has 2 rings (SSSR count). The van der Waals surface area contributed by atoms with Crippen LogP contribution in [0.2, 0.25) is 0 Å². The van der Waals surface area contributed by atoms with E-state index in [4.69, 9.17) is 4.74 Å². The number of rotatable bonds is 4. The molecule has 1 fully saturated rings. The van der Waals surface area contributed by atoms with Crippen LogP contribution in [0.4, 0.5) is 0 Å². The number of esters is 1. The van der Waals surface area contributed by atoms with Crippen LogP contribution >= 0.6 is 0 Å². The molecule has 0 spiro atoms. The third kappa shape index (κ3) is 3.19. The molecule has 0 radical (unpaired) electrons. The topological polar surface area (TPSA) is 26.3 Å². The van der Waals surface area contributed by atoms with Crippen molar-refractivity contribution in [2.75, 3.05) is 0 Å². The molecule has 0 saturated heterocycles. The van der Waals surface area contributed by atoms with Gasteiger partial charge in [-0.15, -0.1) is 0 Å². The van der Waals surface area contributed by atoms with Crippen LogP contribution in [0.3, 0.4) is 0 Å². The number of hydrogen-bond acceptors (Lipinski definition) is 2. The van der Waals surface area contributed by atoms with Gasteiger partial charge in [0.15, 0.2) is 0 Å². The molecule has 0 bridgehead atoms. The first-order chi connectivity index (χ1) is 8.29. The van der Waals surface area contributed by atoms with E-state index in [0.29, 0.717) is 6.61 Å². The first-order valence-electron chi connectivity index (χ1n) is 6.17. The van der Waals surface area contributed by atoms with E-state index in [2.05, 4.69) is 6.58 Å². The van der Waals surface area contributed by atoms with Crippen molar-refractivity contribution >= 4 is 12.0 Å². The molecule has 0 aliphatic heterocycles. The Balaban J connectivity index is 1.84. The minimum Gasteiger partial charge on any atom is -0.461 e. The minimum absolute atomic E-state index is 0.0321.